The van der Waals surface area contributed by atoms with Gasteiger partial charge in [-0.15, -0.1) is 11.3 Å². The van der Waals surface area contributed by atoms with E-state index in [0.29, 0.717) is 11.6 Å². The lowest BCUT2D eigenvalue weighted by Gasteiger charge is -2.22. The number of rotatable bonds is 4. The van der Waals surface area contributed by atoms with Gasteiger partial charge in [0.2, 0.25) is 5.91 Å². The summed E-state index contributed by atoms with van der Waals surface area (Å²) in [5, 5.41) is 4.73. The molecule has 26 heavy (non-hydrogen) atoms. The second-order valence-corrected chi connectivity index (χ2v) is 8.15. The van der Waals surface area contributed by atoms with Crippen molar-refractivity contribution >= 4 is 44.7 Å². The van der Waals surface area contributed by atoms with Gasteiger partial charge in [-0.2, -0.15) is 0 Å². The van der Waals surface area contributed by atoms with E-state index < -0.39 is 0 Å². The average Bonchev–Trinajstić information content (AvgIpc) is 3.24. The molecular formula is C20H20ClN3OS. The summed E-state index contributed by atoms with van der Waals surface area (Å²) in [5.74, 6) is -0.0108. The van der Waals surface area contributed by atoms with Crippen LogP contribution in [0.25, 0.3) is 10.2 Å². The number of hydrogen-bond acceptors (Lipinski definition) is 4. The van der Waals surface area contributed by atoms with Crippen LogP contribution in [0.2, 0.25) is 5.02 Å². The molecule has 1 aromatic heterocycles. The van der Waals surface area contributed by atoms with Gasteiger partial charge in [-0.25, -0.2) is 4.98 Å². The molecule has 6 heteroatoms. The van der Waals surface area contributed by atoms with E-state index in [0.717, 1.165) is 41.2 Å². The number of hydrogen-bond donors (Lipinski definition) is 1. The van der Waals surface area contributed by atoms with Gasteiger partial charge in [-0.3, -0.25) is 9.69 Å². The van der Waals surface area contributed by atoms with Crippen molar-refractivity contribution < 1.29 is 4.79 Å². The maximum absolute atomic E-state index is 12.6. The maximum Gasteiger partial charge on any atom is 0.238 e. The smallest absolute Gasteiger partial charge is 0.238 e. The molecule has 0 saturated carbocycles. The van der Waals surface area contributed by atoms with Gasteiger partial charge in [0.05, 0.1) is 22.8 Å². The summed E-state index contributed by atoms with van der Waals surface area (Å²) in [7, 11) is 0. The van der Waals surface area contributed by atoms with Gasteiger partial charge in [-0.05, 0) is 56.1 Å². The van der Waals surface area contributed by atoms with Crippen LogP contribution in [0.4, 0.5) is 5.69 Å². The highest BCUT2D eigenvalue weighted by Gasteiger charge is 2.30. The Balaban J connectivity index is 1.48. The molecule has 1 aliphatic rings. The Hall–Kier alpha value is -1.95. The normalized spacial score (nSPS) is 17.7. The number of carbonyl (C=O) groups excluding carboxylic acids is 1. The van der Waals surface area contributed by atoms with Crippen molar-refractivity contribution in [3.05, 3.63) is 58.1 Å². The van der Waals surface area contributed by atoms with Crippen molar-refractivity contribution in [2.24, 2.45) is 0 Å². The molecule has 1 saturated heterocycles. The lowest BCUT2D eigenvalue weighted by atomic mass is 10.2. The molecule has 0 unspecified atom stereocenters. The molecule has 0 bridgehead atoms. The largest absolute Gasteiger partial charge is 0.325 e. The number of fused-ring (bicyclic) bond motifs is 1. The predicted molar refractivity (Wildman–Crippen MR) is 108 cm³/mol. The Morgan fingerprint density at radius 3 is 3.04 bits per heavy atom. The van der Waals surface area contributed by atoms with Crippen LogP contribution in [0.3, 0.4) is 0 Å². The van der Waals surface area contributed by atoms with Crippen molar-refractivity contribution in [1.82, 2.24) is 9.88 Å². The summed E-state index contributed by atoms with van der Waals surface area (Å²) in [5.41, 5.74) is 2.82. The first-order valence-electron chi connectivity index (χ1n) is 8.76. The molecular weight excluding hydrogens is 366 g/mol. The number of anilines is 1. The highest BCUT2D eigenvalue weighted by molar-refractivity contribution is 7.18. The van der Waals surface area contributed by atoms with Gasteiger partial charge < -0.3 is 5.32 Å². The number of amides is 1. The average molecular weight is 386 g/mol. The number of halogens is 1. The van der Waals surface area contributed by atoms with Gasteiger partial charge >= 0.3 is 0 Å². The minimum atomic E-state index is -0.0108. The molecule has 0 radical (unpaired) electrons. The summed E-state index contributed by atoms with van der Waals surface area (Å²) >= 11 is 7.78. The molecule has 2 heterocycles. The molecule has 3 aromatic rings. The standard InChI is InChI=1S/C20H20ClN3OS/c1-13-8-9-14(21)11-16(13)22-19(25)12-24-10-4-6-17(24)20-23-15-5-2-3-7-18(15)26-20/h2-3,5,7-9,11,17H,4,6,10,12H2,1H3,(H,22,25)/t17-/m1/s1. The third kappa shape index (κ3) is 3.61. The van der Waals surface area contributed by atoms with E-state index in [-0.39, 0.29) is 11.9 Å². The minimum absolute atomic E-state index is 0.0108. The van der Waals surface area contributed by atoms with E-state index in [1.54, 1.807) is 17.4 Å². The zero-order valence-corrected chi connectivity index (χ0v) is 16.1. The van der Waals surface area contributed by atoms with Gasteiger partial charge in [0, 0.05) is 10.7 Å². The van der Waals surface area contributed by atoms with Crippen LogP contribution >= 0.6 is 22.9 Å². The van der Waals surface area contributed by atoms with Crippen LogP contribution in [-0.4, -0.2) is 28.9 Å². The third-order valence-corrected chi connectivity index (χ3v) is 6.15. The summed E-state index contributed by atoms with van der Waals surface area (Å²) in [6.07, 6.45) is 2.13. The van der Waals surface area contributed by atoms with E-state index in [9.17, 15) is 4.79 Å². The van der Waals surface area contributed by atoms with Crippen molar-refractivity contribution in [2.75, 3.05) is 18.4 Å². The van der Waals surface area contributed by atoms with Crippen LogP contribution in [0.1, 0.15) is 29.5 Å². The first-order chi connectivity index (χ1) is 12.6. The van der Waals surface area contributed by atoms with E-state index in [1.165, 1.54) is 4.70 Å². The first kappa shape index (κ1) is 17.5. The minimum Gasteiger partial charge on any atom is -0.325 e. The molecule has 1 fully saturated rings. The summed E-state index contributed by atoms with van der Waals surface area (Å²) < 4.78 is 1.20. The van der Waals surface area contributed by atoms with Crippen molar-refractivity contribution in [3.63, 3.8) is 0 Å². The highest BCUT2D eigenvalue weighted by atomic mass is 35.5. The number of nitrogens with one attached hydrogen (secondary N) is 1. The van der Waals surface area contributed by atoms with E-state index in [4.69, 9.17) is 16.6 Å². The first-order valence-corrected chi connectivity index (χ1v) is 9.95. The molecule has 1 aliphatic heterocycles. The number of nitrogens with zero attached hydrogens (tertiary/aromatic N) is 2. The Labute approximate surface area is 161 Å². The summed E-state index contributed by atoms with van der Waals surface area (Å²) in [6, 6.07) is 14.0. The van der Waals surface area contributed by atoms with Crippen molar-refractivity contribution in [2.45, 2.75) is 25.8 Å². The Morgan fingerprint density at radius 2 is 2.19 bits per heavy atom. The van der Waals surface area contributed by atoms with Crippen molar-refractivity contribution in [3.8, 4) is 0 Å². The Bertz CT molecular complexity index is 922. The number of carbonyl (C=O) groups is 1. The van der Waals surface area contributed by atoms with Gasteiger partial charge in [-0.1, -0.05) is 29.8 Å². The molecule has 0 spiro atoms. The highest BCUT2D eigenvalue weighted by Crippen LogP contribution is 2.36. The Morgan fingerprint density at radius 1 is 1.35 bits per heavy atom. The summed E-state index contributed by atoms with van der Waals surface area (Å²) in [6.45, 7) is 3.25. The topological polar surface area (TPSA) is 45.2 Å². The van der Waals surface area contributed by atoms with E-state index in [1.807, 2.05) is 37.3 Å². The molecule has 1 atom stereocenters. The quantitative estimate of drug-likeness (QED) is 0.684. The fraction of sp³-hybridized carbons (Fsp3) is 0.300. The van der Waals surface area contributed by atoms with Crippen LogP contribution in [0.15, 0.2) is 42.5 Å². The Kier molecular flexibility index (Phi) is 4.94. The third-order valence-electron chi connectivity index (χ3n) is 4.78. The molecule has 0 aliphatic carbocycles. The number of aromatic nitrogens is 1. The van der Waals surface area contributed by atoms with E-state index in [2.05, 4.69) is 16.3 Å². The zero-order valence-electron chi connectivity index (χ0n) is 14.5. The molecule has 1 N–H and O–H groups in total. The second kappa shape index (κ2) is 7.35. The molecule has 4 nitrogen and oxygen atoms in total. The predicted octanol–water partition coefficient (Wildman–Crippen LogP) is 5.03. The fourth-order valence-corrected chi connectivity index (χ4v) is 4.74. The molecule has 134 valence electrons. The lowest BCUT2D eigenvalue weighted by Crippen LogP contribution is -2.33. The van der Waals surface area contributed by atoms with Gasteiger partial charge in [0.1, 0.15) is 5.01 Å². The lowest BCUT2D eigenvalue weighted by molar-refractivity contribution is -0.117. The number of aryl methyl sites for hydroxylation is 1. The van der Waals surface area contributed by atoms with Gasteiger partial charge in [0.15, 0.2) is 0 Å². The fourth-order valence-electron chi connectivity index (χ4n) is 3.43. The number of likely N-dealkylation sites (tertiary alicyclic amines) is 1. The SMILES string of the molecule is Cc1ccc(Cl)cc1NC(=O)CN1CCC[C@@H]1c1nc2ccccc2s1. The van der Waals surface area contributed by atoms with E-state index >= 15 is 0 Å². The van der Waals surface area contributed by atoms with Gasteiger partial charge in [0.25, 0.3) is 0 Å². The zero-order chi connectivity index (χ0) is 18.1. The molecule has 1 amide bonds. The van der Waals surface area contributed by atoms with Crippen LogP contribution in [0.5, 0.6) is 0 Å². The monoisotopic (exact) mass is 385 g/mol. The van der Waals surface area contributed by atoms with Crippen LogP contribution in [0, 0.1) is 6.92 Å². The molecule has 2 aromatic carbocycles. The number of benzene rings is 2. The maximum atomic E-state index is 12.6. The number of thiazole rings is 1. The van der Waals surface area contributed by atoms with Crippen LogP contribution < -0.4 is 5.32 Å². The van der Waals surface area contributed by atoms with Crippen LogP contribution in [-0.2, 0) is 4.79 Å². The van der Waals surface area contributed by atoms with Crippen molar-refractivity contribution in [1.29, 1.82) is 0 Å². The number of para-hydroxylation sites is 1. The second-order valence-electron chi connectivity index (χ2n) is 6.66. The molecule has 4 rings (SSSR count). The summed E-state index contributed by atoms with van der Waals surface area (Å²) in [4.78, 5) is 19.6.